The maximum Gasteiger partial charge on any atom is 0.342 e. The van der Waals surface area contributed by atoms with Gasteiger partial charge >= 0.3 is 5.97 Å². The third-order valence-electron chi connectivity index (χ3n) is 8.71. The third-order valence-corrected chi connectivity index (χ3v) is 9.90. The standard InChI is InChI=1S/C34H37FN4O4S/c1-19(2)30-21(4)44-31(27-6-5-7-29(37-27)39-32(35)25(17-36-39)34(41)42)26(30)18-43-28-11-10-24(16-20(28)3)22-12-14-38(15-13-22)33(40)23-8-9-23/h5-7,10-11,16-17,19,22-23H,8-9,12-15,18H2,1-4H3,(H,41,42). The second-order valence-corrected chi connectivity index (χ2v) is 13.4. The molecule has 1 aliphatic heterocycles. The molecule has 0 radical (unpaired) electrons. The fourth-order valence-electron chi connectivity index (χ4n) is 6.27. The molecule has 3 aromatic heterocycles. The minimum Gasteiger partial charge on any atom is -0.489 e. The largest absolute Gasteiger partial charge is 0.489 e. The van der Waals surface area contributed by atoms with E-state index in [-0.39, 0.29) is 17.7 Å². The number of aromatic carboxylic acids is 1. The predicted octanol–water partition coefficient (Wildman–Crippen LogP) is 7.27. The maximum atomic E-state index is 14.8. The fourth-order valence-corrected chi connectivity index (χ4v) is 7.56. The van der Waals surface area contributed by atoms with E-state index in [1.54, 1.807) is 23.5 Å². The number of amides is 1. The molecule has 8 nitrogen and oxygen atoms in total. The normalized spacial score (nSPS) is 15.6. The summed E-state index contributed by atoms with van der Waals surface area (Å²) >= 11 is 1.62. The average molecular weight is 617 g/mol. The van der Waals surface area contributed by atoms with Crippen LogP contribution in [-0.4, -0.2) is 49.7 Å². The number of carbonyl (C=O) groups excluding carboxylic acids is 1. The number of aromatic nitrogens is 3. The lowest BCUT2D eigenvalue weighted by molar-refractivity contribution is -0.133. The van der Waals surface area contributed by atoms with E-state index in [2.05, 4.69) is 60.9 Å². The molecule has 0 spiro atoms. The van der Waals surface area contributed by atoms with Gasteiger partial charge in [-0.25, -0.2) is 9.78 Å². The highest BCUT2D eigenvalue weighted by Crippen LogP contribution is 2.41. The van der Waals surface area contributed by atoms with Crippen molar-refractivity contribution in [1.29, 1.82) is 0 Å². The van der Waals surface area contributed by atoms with Gasteiger partial charge in [0.1, 0.15) is 17.9 Å². The van der Waals surface area contributed by atoms with Crippen LogP contribution in [0, 0.1) is 25.7 Å². The van der Waals surface area contributed by atoms with Gasteiger partial charge < -0.3 is 14.7 Å². The number of thiophene rings is 1. The Hall–Kier alpha value is -4.05. The number of nitrogens with zero attached hydrogens (tertiary/aromatic N) is 4. The summed E-state index contributed by atoms with van der Waals surface area (Å²) in [5.74, 6) is -0.0123. The van der Waals surface area contributed by atoms with E-state index in [1.807, 2.05) is 6.07 Å². The molecule has 4 heterocycles. The number of carboxylic acid groups (broad SMARTS) is 1. The number of rotatable bonds is 9. The summed E-state index contributed by atoms with van der Waals surface area (Å²) in [5.41, 5.74) is 4.75. The van der Waals surface area contributed by atoms with Crippen LogP contribution in [0.2, 0.25) is 0 Å². The lowest BCUT2D eigenvalue weighted by atomic mass is 9.88. The molecular formula is C34H37FN4O4S. The van der Waals surface area contributed by atoms with Crippen molar-refractivity contribution in [2.75, 3.05) is 13.1 Å². The van der Waals surface area contributed by atoms with E-state index in [0.29, 0.717) is 24.1 Å². The van der Waals surface area contributed by atoms with Gasteiger partial charge in [0.15, 0.2) is 5.82 Å². The molecular weight excluding hydrogens is 579 g/mol. The molecule has 10 heteroatoms. The van der Waals surface area contributed by atoms with Gasteiger partial charge in [-0.15, -0.1) is 11.3 Å². The van der Waals surface area contributed by atoms with E-state index in [0.717, 1.165) is 76.3 Å². The highest BCUT2D eigenvalue weighted by atomic mass is 32.1. The summed E-state index contributed by atoms with van der Waals surface area (Å²) < 4.78 is 22.1. The maximum absolute atomic E-state index is 14.8. The van der Waals surface area contributed by atoms with Gasteiger partial charge in [-0.3, -0.25) is 4.79 Å². The molecule has 4 aromatic rings. The number of halogens is 1. The molecule has 1 saturated carbocycles. The van der Waals surface area contributed by atoms with E-state index < -0.39 is 17.5 Å². The van der Waals surface area contributed by atoms with Crippen LogP contribution in [0.25, 0.3) is 16.4 Å². The fraction of sp³-hybridized carbons (Fsp3) is 0.412. The molecule has 2 fully saturated rings. The zero-order valence-electron chi connectivity index (χ0n) is 25.5. The van der Waals surface area contributed by atoms with E-state index in [1.165, 1.54) is 11.1 Å². The Labute approximate surface area is 260 Å². The first-order valence-corrected chi connectivity index (χ1v) is 16.0. The van der Waals surface area contributed by atoms with Crippen molar-refractivity contribution in [3.8, 4) is 22.1 Å². The molecule has 1 aliphatic carbocycles. The Morgan fingerprint density at radius 3 is 2.50 bits per heavy atom. The number of aryl methyl sites for hydroxylation is 2. The van der Waals surface area contributed by atoms with Crippen LogP contribution >= 0.6 is 11.3 Å². The number of benzene rings is 1. The Morgan fingerprint density at radius 1 is 1.11 bits per heavy atom. The van der Waals surface area contributed by atoms with Gasteiger partial charge in [0, 0.05) is 29.4 Å². The molecule has 1 amide bonds. The number of carbonyl (C=O) groups is 2. The Morgan fingerprint density at radius 2 is 1.86 bits per heavy atom. The minimum atomic E-state index is -1.38. The van der Waals surface area contributed by atoms with Crippen molar-refractivity contribution in [2.24, 2.45) is 5.92 Å². The van der Waals surface area contributed by atoms with Crippen LogP contribution in [0.3, 0.4) is 0 Å². The average Bonchev–Trinajstić information content (AvgIpc) is 3.70. The van der Waals surface area contributed by atoms with Gasteiger partial charge in [-0.05, 0) is 86.3 Å². The van der Waals surface area contributed by atoms with Crippen LogP contribution in [0.4, 0.5) is 4.39 Å². The Kier molecular flexibility index (Phi) is 8.28. The zero-order valence-corrected chi connectivity index (χ0v) is 26.3. The number of likely N-dealkylation sites (tertiary alicyclic amines) is 1. The van der Waals surface area contributed by atoms with Gasteiger partial charge in [0.25, 0.3) is 0 Å². The quantitative estimate of drug-likeness (QED) is 0.212. The molecule has 1 aromatic carbocycles. The molecule has 0 atom stereocenters. The van der Waals surface area contributed by atoms with E-state index in [4.69, 9.17) is 4.74 Å². The lowest BCUT2D eigenvalue weighted by Crippen LogP contribution is -2.38. The molecule has 2 aliphatic rings. The minimum absolute atomic E-state index is 0.200. The predicted molar refractivity (Wildman–Crippen MR) is 167 cm³/mol. The summed E-state index contributed by atoms with van der Waals surface area (Å²) in [6.45, 7) is 10.5. The summed E-state index contributed by atoms with van der Waals surface area (Å²) in [7, 11) is 0. The molecule has 0 bridgehead atoms. The number of hydrogen-bond acceptors (Lipinski definition) is 6. The van der Waals surface area contributed by atoms with Gasteiger partial charge in [0.05, 0.1) is 16.8 Å². The summed E-state index contributed by atoms with van der Waals surface area (Å²) in [4.78, 5) is 32.6. The Balaban J connectivity index is 1.22. The third kappa shape index (κ3) is 5.87. The number of pyridine rings is 1. The number of ether oxygens (including phenoxy) is 1. The van der Waals surface area contributed by atoms with E-state index in [9.17, 15) is 19.1 Å². The molecule has 230 valence electrons. The topological polar surface area (TPSA) is 97.6 Å². The van der Waals surface area contributed by atoms with Crippen LogP contribution < -0.4 is 4.74 Å². The van der Waals surface area contributed by atoms with Crippen molar-refractivity contribution in [1.82, 2.24) is 19.7 Å². The molecule has 44 heavy (non-hydrogen) atoms. The second-order valence-electron chi connectivity index (χ2n) is 12.2. The van der Waals surface area contributed by atoms with Crippen LogP contribution in [-0.2, 0) is 11.4 Å². The van der Waals surface area contributed by atoms with Crippen molar-refractivity contribution in [3.05, 3.63) is 81.2 Å². The molecule has 1 saturated heterocycles. The monoisotopic (exact) mass is 616 g/mol. The van der Waals surface area contributed by atoms with Crippen molar-refractivity contribution < 1.29 is 23.8 Å². The smallest absolute Gasteiger partial charge is 0.342 e. The lowest BCUT2D eigenvalue weighted by Gasteiger charge is -2.32. The molecule has 6 rings (SSSR count). The summed E-state index contributed by atoms with van der Waals surface area (Å²) in [5, 5.41) is 13.2. The van der Waals surface area contributed by atoms with Crippen molar-refractivity contribution in [2.45, 2.75) is 71.8 Å². The van der Waals surface area contributed by atoms with Crippen molar-refractivity contribution >= 4 is 23.2 Å². The van der Waals surface area contributed by atoms with Crippen LogP contribution in [0.15, 0.2) is 42.6 Å². The SMILES string of the molecule is Cc1cc(C2CCN(C(=O)C3CC3)CC2)ccc1OCc1c(-c2cccc(-n3ncc(C(=O)O)c3F)n2)sc(C)c1C(C)C. The highest BCUT2D eigenvalue weighted by Gasteiger charge is 2.35. The number of hydrogen-bond donors (Lipinski definition) is 1. The van der Waals surface area contributed by atoms with E-state index >= 15 is 0 Å². The highest BCUT2D eigenvalue weighted by molar-refractivity contribution is 7.15. The number of carboxylic acids is 1. The molecule has 1 N–H and O–H groups in total. The van der Waals surface area contributed by atoms with Crippen molar-refractivity contribution in [3.63, 3.8) is 0 Å². The first kappa shape index (κ1) is 30.0. The van der Waals surface area contributed by atoms with Gasteiger partial charge in [-0.2, -0.15) is 14.2 Å². The summed E-state index contributed by atoms with van der Waals surface area (Å²) in [6, 6.07) is 11.7. The zero-order chi connectivity index (χ0) is 31.1. The second kappa shape index (κ2) is 12.1. The Bertz CT molecular complexity index is 1720. The molecule has 0 unspecified atom stereocenters. The van der Waals surface area contributed by atoms with Gasteiger partial charge in [-0.1, -0.05) is 32.0 Å². The summed E-state index contributed by atoms with van der Waals surface area (Å²) in [6.07, 6.45) is 5.06. The van der Waals surface area contributed by atoms with Crippen LogP contribution in [0.1, 0.15) is 88.9 Å². The first-order valence-electron chi connectivity index (χ1n) is 15.2. The first-order chi connectivity index (χ1) is 21.1. The van der Waals surface area contributed by atoms with Gasteiger partial charge in [0.2, 0.25) is 11.9 Å². The number of piperidine rings is 1. The van der Waals surface area contributed by atoms with Crippen LogP contribution in [0.5, 0.6) is 5.75 Å².